The number of carbonyl (C=O) groups excluding carboxylic acids is 2. The Balaban J connectivity index is 1.56. The van der Waals surface area contributed by atoms with Crippen molar-refractivity contribution in [2.75, 3.05) is 34.1 Å². The van der Waals surface area contributed by atoms with Crippen molar-refractivity contribution in [3.63, 3.8) is 0 Å². The quantitative estimate of drug-likeness (QED) is 0.482. The van der Waals surface area contributed by atoms with E-state index in [-0.39, 0.29) is 25.0 Å². The first-order valence-corrected chi connectivity index (χ1v) is 13.3. The van der Waals surface area contributed by atoms with Crippen LogP contribution >= 0.6 is 0 Å². The number of methoxy groups -OCH3 is 2. The van der Waals surface area contributed by atoms with Gasteiger partial charge in [-0.05, 0) is 73.9 Å². The van der Waals surface area contributed by atoms with Crippen LogP contribution in [0.1, 0.15) is 56.6 Å². The van der Waals surface area contributed by atoms with Crippen molar-refractivity contribution in [1.29, 1.82) is 0 Å². The summed E-state index contributed by atoms with van der Waals surface area (Å²) >= 11 is 0. The number of aliphatic hydroxyl groups excluding tert-OH is 1. The zero-order chi connectivity index (χ0) is 27.2. The molecule has 10 heteroatoms. The van der Waals surface area contributed by atoms with E-state index < -0.39 is 35.3 Å². The fourth-order valence-corrected chi connectivity index (χ4v) is 6.48. The standard InChI is InChI=1S/C28H37NO9/c1-16(2)6-9-28(33,24(30)25(31)35-4)26(32)38-23-21(34-3)14-27-8-5-10-29(27)11-7-17-12-19-20(37-15-36-19)13-18(17)22(23)27/h12-14,16,22-24,30,33H,5-11,15H2,1-4H3/t22-,23-,24?,27+,28-/m1/s1. The molecule has 1 unspecified atom stereocenters. The van der Waals surface area contributed by atoms with Gasteiger partial charge in [0.25, 0.3) is 0 Å². The normalized spacial score (nSPS) is 27.9. The predicted octanol–water partition coefficient (Wildman–Crippen LogP) is 2.05. The van der Waals surface area contributed by atoms with Gasteiger partial charge in [-0.15, -0.1) is 0 Å². The highest BCUT2D eigenvalue weighted by Crippen LogP contribution is 2.55. The third kappa shape index (κ3) is 4.23. The van der Waals surface area contributed by atoms with Crippen LogP contribution in [0.15, 0.2) is 24.0 Å². The molecule has 1 aromatic carbocycles. The molecule has 1 fully saturated rings. The molecule has 10 nitrogen and oxygen atoms in total. The number of benzene rings is 1. The van der Waals surface area contributed by atoms with Crippen molar-refractivity contribution in [3.8, 4) is 11.5 Å². The number of hydrogen-bond donors (Lipinski definition) is 2. The zero-order valence-corrected chi connectivity index (χ0v) is 22.4. The summed E-state index contributed by atoms with van der Waals surface area (Å²) < 4.78 is 27.8. The molecule has 1 aliphatic carbocycles. The third-order valence-corrected chi connectivity index (χ3v) is 8.53. The Labute approximate surface area is 222 Å². The fourth-order valence-electron chi connectivity index (χ4n) is 6.48. The largest absolute Gasteiger partial charge is 0.497 e. The highest BCUT2D eigenvalue weighted by molar-refractivity contribution is 5.89. The van der Waals surface area contributed by atoms with Gasteiger partial charge in [0, 0.05) is 6.54 Å². The number of ether oxygens (including phenoxy) is 5. The number of rotatable bonds is 8. The lowest BCUT2D eigenvalue weighted by Gasteiger charge is -2.40. The van der Waals surface area contributed by atoms with E-state index >= 15 is 0 Å². The lowest BCUT2D eigenvalue weighted by atomic mass is 9.77. The lowest BCUT2D eigenvalue weighted by molar-refractivity contribution is -0.195. The summed E-state index contributed by atoms with van der Waals surface area (Å²) in [5.41, 5.74) is -0.890. The molecule has 5 rings (SSSR count). The SMILES string of the molecule is COC(=O)C(O)[C@](O)(CCC(C)C)C(=O)O[C@@H]1C(OC)=C[C@]23CCCN2CCc2cc4c(cc2[C@H]13)OCO4. The van der Waals surface area contributed by atoms with Crippen LogP contribution in [-0.2, 0) is 30.2 Å². The maximum Gasteiger partial charge on any atom is 0.342 e. The van der Waals surface area contributed by atoms with Gasteiger partial charge in [0.1, 0.15) is 5.76 Å². The van der Waals surface area contributed by atoms with Crippen LogP contribution in [0, 0.1) is 5.92 Å². The van der Waals surface area contributed by atoms with E-state index in [0.717, 1.165) is 50.6 Å². The molecule has 38 heavy (non-hydrogen) atoms. The second-order valence-electron chi connectivity index (χ2n) is 11.1. The zero-order valence-electron chi connectivity index (χ0n) is 22.4. The molecule has 0 aromatic heterocycles. The second-order valence-corrected chi connectivity index (χ2v) is 11.1. The highest BCUT2D eigenvalue weighted by Gasteiger charge is 2.59. The summed E-state index contributed by atoms with van der Waals surface area (Å²) in [6.07, 6.45) is 1.88. The minimum absolute atomic E-state index is 0.105. The van der Waals surface area contributed by atoms with Crippen molar-refractivity contribution >= 4 is 11.9 Å². The minimum Gasteiger partial charge on any atom is -0.497 e. The molecule has 1 saturated heterocycles. The molecule has 208 valence electrons. The average molecular weight is 532 g/mol. The van der Waals surface area contributed by atoms with Gasteiger partial charge in [-0.3, -0.25) is 4.90 Å². The van der Waals surface area contributed by atoms with Crippen LogP contribution in [-0.4, -0.2) is 84.5 Å². The topological polar surface area (TPSA) is 124 Å². The van der Waals surface area contributed by atoms with Crippen LogP contribution in [0.5, 0.6) is 11.5 Å². The summed E-state index contributed by atoms with van der Waals surface area (Å²) in [6, 6.07) is 3.96. The van der Waals surface area contributed by atoms with Crippen LogP contribution in [0.4, 0.5) is 0 Å². The molecule has 2 N–H and O–H groups in total. The molecule has 3 heterocycles. The van der Waals surface area contributed by atoms with Crippen molar-refractivity contribution in [2.24, 2.45) is 5.92 Å². The molecular formula is C28H37NO9. The fraction of sp³-hybridized carbons (Fsp3) is 0.643. The van der Waals surface area contributed by atoms with Crippen LogP contribution < -0.4 is 9.47 Å². The molecule has 0 saturated carbocycles. The smallest absolute Gasteiger partial charge is 0.342 e. The number of carbonyl (C=O) groups is 2. The van der Waals surface area contributed by atoms with Crippen molar-refractivity contribution in [2.45, 2.75) is 75.2 Å². The second kappa shape index (κ2) is 10.1. The van der Waals surface area contributed by atoms with Crippen LogP contribution in [0.25, 0.3) is 0 Å². The Morgan fingerprint density at radius 1 is 1.21 bits per heavy atom. The van der Waals surface area contributed by atoms with Gasteiger partial charge in [0.05, 0.1) is 25.7 Å². The molecule has 3 aliphatic heterocycles. The van der Waals surface area contributed by atoms with Gasteiger partial charge in [-0.1, -0.05) is 13.8 Å². The Morgan fingerprint density at radius 2 is 1.95 bits per heavy atom. The maximum absolute atomic E-state index is 13.7. The summed E-state index contributed by atoms with van der Waals surface area (Å²) in [7, 11) is 2.62. The minimum atomic E-state index is -2.48. The molecule has 0 radical (unpaired) electrons. The Kier molecular flexibility index (Phi) is 7.08. The van der Waals surface area contributed by atoms with E-state index in [9.17, 15) is 19.8 Å². The van der Waals surface area contributed by atoms with Gasteiger partial charge in [-0.2, -0.15) is 0 Å². The number of hydrogen-bond acceptors (Lipinski definition) is 10. The van der Waals surface area contributed by atoms with Crippen molar-refractivity contribution < 1.29 is 43.5 Å². The first-order chi connectivity index (χ1) is 18.1. The lowest BCUT2D eigenvalue weighted by Crippen LogP contribution is -2.56. The van der Waals surface area contributed by atoms with Gasteiger partial charge in [-0.25, -0.2) is 9.59 Å². The number of aliphatic hydroxyl groups is 2. The maximum atomic E-state index is 13.7. The van der Waals surface area contributed by atoms with Gasteiger partial charge >= 0.3 is 11.9 Å². The third-order valence-electron chi connectivity index (χ3n) is 8.53. The van der Waals surface area contributed by atoms with E-state index in [1.54, 1.807) is 0 Å². The molecule has 0 amide bonds. The van der Waals surface area contributed by atoms with Crippen molar-refractivity contribution in [3.05, 3.63) is 35.1 Å². The Hall–Kier alpha value is -2.82. The molecule has 5 atom stereocenters. The van der Waals surface area contributed by atoms with E-state index in [1.807, 2.05) is 32.1 Å². The van der Waals surface area contributed by atoms with Crippen LogP contribution in [0.2, 0.25) is 0 Å². The molecule has 1 aromatic rings. The monoisotopic (exact) mass is 531 g/mol. The summed E-state index contributed by atoms with van der Waals surface area (Å²) in [5, 5.41) is 22.1. The van der Waals surface area contributed by atoms with Crippen LogP contribution in [0.3, 0.4) is 0 Å². The Bertz CT molecular complexity index is 1130. The first-order valence-electron chi connectivity index (χ1n) is 13.3. The molecular weight excluding hydrogens is 494 g/mol. The molecule has 0 bridgehead atoms. The van der Waals surface area contributed by atoms with Gasteiger partial charge in [0.15, 0.2) is 29.3 Å². The van der Waals surface area contributed by atoms with E-state index in [4.69, 9.17) is 18.9 Å². The number of fused-ring (bicyclic) bond motifs is 3. The number of nitrogens with zero attached hydrogens (tertiary/aromatic N) is 1. The van der Waals surface area contributed by atoms with Gasteiger partial charge < -0.3 is 33.9 Å². The molecule has 4 aliphatic rings. The summed E-state index contributed by atoms with van der Waals surface area (Å²) in [6.45, 7) is 5.70. The Morgan fingerprint density at radius 3 is 2.63 bits per heavy atom. The highest BCUT2D eigenvalue weighted by atomic mass is 16.7. The number of esters is 2. The average Bonchev–Trinajstić information content (AvgIpc) is 3.59. The predicted molar refractivity (Wildman–Crippen MR) is 135 cm³/mol. The molecule has 1 spiro atoms. The van der Waals surface area contributed by atoms with Crippen molar-refractivity contribution in [1.82, 2.24) is 4.90 Å². The first kappa shape index (κ1) is 26.8. The summed E-state index contributed by atoms with van der Waals surface area (Å²) in [4.78, 5) is 28.4. The van der Waals surface area contributed by atoms with Gasteiger partial charge in [0.2, 0.25) is 6.79 Å². The summed E-state index contributed by atoms with van der Waals surface area (Å²) in [5.74, 6) is -0.634. The van der Waals surface area contributed by atoms with E-state index in [1.165, 1.54) is 7.11 Å². The van der Waals surface area contributed by atoms with E-state index in [0.29, 0.717) is 23.7 Å². The van der Waals surface area contributed by atoms with E-state index in [2.05, 4.69) is 9.64 Å².